The molecule has 0 saturated carbocycles. The Labute approximate surface area is 107 Å². The topological polar surface area (TPSA) is 89.3 Å². The molecule has 5 nitrogen and oxygen atoms in total. The van der Waals surface area contributed by atoms with Crippen molar-refractivity contribution in [3.8, 4) is 0 Å². The van der Waals surface area contributed by atoms with Crippen LogP contribution in [0.5, 0.6) is 0 Å². The lowest BCUT2D eigenvalue weighted by Crippen LogP contribution is -2.32. The highest BCUT2D eigenvalue weighted by Gasteiger charge is 2.19. The lowest BCUT2D eigenvalue weighted by molar-refractivity contribution is -0.118. The Morgan fingerprint density at radius 1 is 1.28 bits per heavy atom. The number of sulfone groups is 1. The third kappa shape index (κ3) is 4.37. The van der Waals surface area contributed by atoms with E-state index in [-0.39, 0.29) is 10.8 Å². The lowest BCUT2D eigenvalue weighted by Gasteiger charge is -2.08. The maximum absolute atomic E-state index is 11.9. The maximum Gasteiger partial charge on any atom is 0.235 e. The van der Waals surface area contributed by atoms with Gasteiger partial charge < -0.3 is 11.1 Å². The molecule has 6 heteroatoms. The van der Waals surface area contributed by atoms with E-state index in [4.69, 9.17) is 5.73 Å². The van der Waals surface area contributed by atoms with E-state index in [9.17, 15) is 13.2 Å². The molecule has 0 radical (unpaired) electrons. The van der Waals surface area contributed by atoms with Gasteiger partial charge in [-0.3, -0.25) is 4.79 Å². The standard InChI is InChI=1S/C12H18N2O3S/c1-9(2)7-14-12(15)8-18(16,17)11-5-3-10(13)4-6-11/h3-6,9H,7-8,13H2,1-2H3,(H,14,15). The average Bonchev–Trinajstić information content (AvgIpc) is 2.26. The van der Waals surface area contributed by atoms with E-state index in [2.05, 4.69) is 5.32 Å². The number of hydrogen-bond acceptors (Lipinski definition) is 4. The van der Waals surface area contributed by atoms with Crippen LogP contribution in [0.1, 0.15) is 13.8 Å². The van der Waals surface area contributed by atoms with Gasteiger partial charge in [0.25, 0.3) is 0 Å². The highest BCUT2D eigenvalue weighted by atomic mass is 32.2. The van der Waals surface area contributed by atoms with E-state index in [1.165, 1.54) is 24.3 Å². The van der Waals surface area contributed by atoms with Gasteiger partial charge in [-0.15, -0.1) is 0 Å². The third-order valence-corrected chi connectivity index (χ3v) is 3.90. The van der Waals surface area contributed by atoms with E-state index in [1.54, 1.807) is 0 Å². The Balaban J connectivity index is 2.70. The first kappa shape index (κ1) is 14.5. The van der Waals surface area contributed by atoms with Gasteiger partial charge in [0.2, 0.25) is 5.91 Å². The van der Waals surface area contributed by atoms with Gasteiger partial charge in [-0.25, -0.2) is 8.42 Å². The zero-order valence-corrected chi connectivity index (χ0v) is 11.3. The molecule has 0 aliphatic rings. The summed E-state index contributed by atoms with van der Waals surface area (Å²) in [6.07, 6.45) is 0. The second-order valence-electron chi connectivity index (χ2n) is 4.53. The van der Waals surface area contributed by atoms with Gasteiger partial charge in [-0.1, -0.05) is 13.8 Å². The van der Waals surface area contributed by atoms with Crippen molar-refractivity contribution in [2.45, 2.75) is 18.7 Å². The molecule has 1 aromatic carbocycles. The summed E-state index contributed by atoms with van der Waals surface area (Å²) in [6.45, 7) is 4.35. The van der Waals surface area contributed by atoms with Gasteiger partial charge in [0.05, 0.1) is 4.90 Å². The number of nitrogens with two attached hydrogens (primary N) is 1. The molecule has 0 spiro atoms. The molecular formula is C12H18N2O3S. The second kappa shape index (κ2) is 5.86. The van der Waals surface area contributed by atoms with Crippen molar-refractivity contribution in [3.05, 3.63) is 24.3 Å². The van der Waals surface area contributed by atoms with Crippen molar-refractivity contribution < 1.29 is 13.2 Å². The molecule has 1 rings (SSSR count). The molecule has 0 saturated heterocycles. The Kier molecular flexibility index (Phi) is 4.72. The number of amides is 1. The summed E-state index contributed by atoms with van der Waals surface area (Å²) in [5, 5.41) is 2.58. The van der Waals surface area contributed by atoms with Crippen LogP contribution >= 0.6 is 0 Å². The largest absolute Gasteiger partial charge is 0.399 e. The Morgan fingerprint density at radius 2 is 1.83 bits per heavy atom. The number of rotatable bonds is 5. The quantitative estimate of drug-likeness (QED) is 0.775. The number of benzene rings is 1. The van der Waals surface area contributed by atoms with E-state index in [0.29, 0.717) is 12.2 Å². The normalized spacial score (nSPS) is 11.5. The summed E-state index contributed by atoms with van der Waals surface area (Å²) in [4.78, 5) is 11.6. The van der Waals surface area contributed by atoms with Crippen LogP contribution in [0.15, 0.2) is 29.2 Å². The average molecular weight is 270 g/mol. The number of nitrogens with one attached hydrogen (secondary N) is 1. The summed E-state index contributed by atoms with van der Waals surface area (Å²) >= 11 is 0. The van der Waals surface area contributed by atoms with Crippen molar-refractivity contribution in [2.24, 2.45) is 5.92 Å². The maximum atomic E-state index is 11.9. The molecule has 1 aromatic rings. The van der Waals surface area contributed by atoms with Crippen molar-refractivity contribution in [3.63, 3.8) is 0 Å². The van der Waals surface area contributed by atoms with Gasteiger partial charge >= 0.3 is 0 Å². The predicted molar refractivity (Wildman–Crippen MR) is 70.8 cm³/mol. The zero-order chi connectivity index (χ0) is 13.8. The van der Waals surface area contributed by atoms with Crippen LogP contribution in [0, 0.1) is 5.92 Å². The van der Waals surface area contributed by atoms with Crippen molar-refractivity contribution >= 4 is 21.4 Å². The minimum absolute atomic E-state index is 0.108. The molecule has 18 heavy (non-hydrogen) atoms. The van der Waals surface area contributed by atoms with E-state index < -0.39 is 21.5 Å². The fourth-order valence-electron chi connectivity index (χ4n) is 1.30. The number of nitrogen functional groups attached to an aromatic ring is 1. The second-order valence-corrected chi connectivity index (χ2v) is 6.52. The number of carbonyl (C=O) groups is 1. The monoisotopic (exact) mass is 270 g/mol. The number of anilines is 1. The molecule has 0 unspecified atom stereocenters. The number of carbonyl (C=O) groups excluding carboxylic acids is 1. The van der Waals surface area contributed by atoms with E-state index in [0.717, 1.165) is 0 Å². The van der Waals surface area contributed by atoms with Crippen molar-refractivity contribution in [1.29, 1.82) is 0 Å². The van der Waals surface area contributed by atoms with Crippen LogP contribution in [0.4, 0.5) is 5.69 Å². The molecule has 0 fully saturated rings. The minimum atomic E-state index is -3.59. The lowest BCUT2D eigenvalue weighted by atomic mass is 10.2. The zero-order valence-electron chi connectivity index (χ0n) is 10.5. The van der Waals surface area contributed by atoms with Crippen molar-refractivity contribution in [1.82, 2.24) is 5.32 Å². The highest BCUT2D eigenvalue weighted by molar-refractivity contribution is 7.92. The van der Waals surface area contributed by atoms with E-state index >= 15 is 0 Å². The predicted octanol–water partition coefficient (Wildman–Crippen LogP) is 0.815. The first-order valence-electron chi connectivity index (χ1n) is 5.66. The summed E-state index contributed by atoms with van der Waals surface area (Å²) in [6, 6.07) is 5.80. The third-order valence-electron chi connectivity index (χ3n) is 2.27. The van der Waals surface area contributed by atoms with Crippen molar-refractivity contribution in [2.75, 3.05) is 18.0 Å². The van der Waals surface area contributed by atoms with Crippen LogP contribution in [-0.2, 0) is 14.6 Å². The molecule has 0 atom stereocenters. The molecule has 0 bridgehead atoms. The molecule has 0 aliphatic heterocycles. The van der Waals surface area contributed by atoms with Gasteiger partial charge in [-0.05, 0) is 30.2 Å². The van der Waals surface area contributed by atoms with Crippen LogP contribution in [0.3, 0.4) is 0 Å². The number of hydrogen-bond donors (Lipinski definition) is 2. The SMILES string of the molecule is CC(C)CNC(=O)CS(=O)(=O)c1ccc(N)cc1. The first-order chi connectivity index (χ1) is 8.31. The molecule has 3 N–H and O–H groups in total. The van der Waals surface area contributed by atoms with Crippen LogP contribution in [-0.4, -0.2) is 26.6 Å². The fourth-order valence-corrected chi connectivity index (χ4v) is 2.46. The molecule has 1 amide bonds. The smallest absolute Gasteiger partial charge is 0.235 e. The van der Waals surface area contributed by atoms with Crippen LogP contribution < -0.4 is 11.1 Å². The molecule has 0 heterocycles. The summed E-state index contributed by atoms with van der Waals surface area (Å²) in [5.41, 5.74) is 5.96. The first-order valence-corrected chi connectivity index (χ1v) is 7.31. The van der Waals surface area contributed by atoms with Crippen LogP contribution in [0.2, 0.25) is 0 Å². The molecule has 100 valence electrons. The Hall–Kier alpha value is -1.56. The minimum Gasteiger partial charge on any atom is -0.399 e. The van der Waals surface area contributed by atoms with Crippen LogP contribution in [0.25, 0.3) is 0 Å². The highest BCUT2D eigenvalue weighted by Crippen LogP contribution is 2.13. The summed E-state index contributed by atoms with van der Waals surface area (Å²) in [5.74, 6) is -0.738. The fraction of sp³-hybridized carbons (Fsp3) is 0.417. The summed E-state index contributed by atoms with van der Waals surface area (Å²) in [7, 11) is -3.59. The Bertz CT molecular complexity index is 507. The Morgan fingerprint density at radius 3 is 2.33 bits per heavy atom. The van der Waals surface area contributed by atoms with E-state index in [1.807, 2.05) is 13.8 Å². The molecule has 0 aromatic heterocycles. The van der Waals surface area contributed by atoms with Gasteiger partial charge in [0.15, 0.2) is 9.84 Å². The van der Waals surface area contributed by atoms with Gasteiger partial charge in [0.1, 0.15) is 5.75 Å². The molecule has 0 aliphatic carbocycles. The summed E-state index contributed by atoms with van der Waals surface area (Å²) < 4.78 is 23.8. The van der Waals surface area contributed by atoms with Gasteiger partial charge in [-0.2, -0.15) is 0 Å². The molecular weight excluding hydrogens is 252 g/mol. The van der Waals surface area contributed by atoms with Gasteiger partial charge in [0, 0.05) is 12.2 Å².